The van der Waals surface area contributed by atoms with E-state index in [9.17, 15) is 9.59 Å². The van der Waals surface area contributed by atoms with Crippen LogP contribution in [-0.4, -0.2) is 26.0 Å². The maximum atomic E-state index is 10.7. The van der Waals surface area contributed by atoms with Crippen molar-refractivity contribution in [2.45, 2.75) is 12.8 Å². The summed E-state index contributed by atoms with van der Waals surface area (Å²) in [6, 6.07) is 11.3. The van der Waals surface area contributed by atoms with Gasteiger partial charge in [-0.15, -0.1) is 0 Å². The van der Waals surface area contributed by atoms with Crippen molar-refractivity contribution >= 4 is 23.5 Å². The molecule has 0 N–H and O–H groups in total. The fourth-order valence-electron chi connectivity index (χ4n) is 1.93. The molecule has 4 nitrogen and oxygen atoms in total. The summed E-state index contributed by atoms with van der Waals surface area (Å²) in [5.74, 6) is 0.799. The summed E-state index contributed by atoms with van der Waals surface area (Å²) in [5, 5.41) is 2.05. The van der Waals surface area contributed by atoms with Crippen molar-refractivity contribution in [1.29, 1.82) is 0 Å². The Kier molecular flexibility index (Phi) is 5.12. The zero-order chi connectivity index (χ0) is 14.2. The molecule has 0 aromatic heterocycles. The monoisotopic (exact) mass is 272 g/mol. The molecule has 4 heteroatoms. The van der Waals surface area contributed by atoms with Crippen molar-refractivity contribution in [1.82, 2.24) is 0 Å². The first-order chi connectivity index (χ1) is 9.83. The Morgan fingerprint density at radius 2 is 1.65 bits per heavy atom. The van der Waals surface area contributed by atoms with E-state index < -0.39 is 0 Å². The Labute approximate surface area is 117 Å². The first-order valence-corrected chi connectivity index (χ1v) is 6.50. The van der Waals surface area contributed by atoms with Crippen LogP contribution in [0.25, 0.3) is 10.8 Å². The molecule has 104 valence electrons. The minimum atomic E-state index is 0.430. The van der Waals surface area contributed by atoms with Gasteiger partial charge in [0.05, 0.1) is 13.2 Å². The van der Waals surface area contributed by atoms with E-state index in [1.165, 1.54) is 0 Å². The molecule has 0 saturated heterocycles. The molecule has 0 aliphatic carbocycles. The van der Waals surface area contributed by atoms with Gasteiger partial charge in [0.1, 0.15) is 12.0 Å². The topological polar surface area (TPSA) is 52.6 Å². The summed E-state index contributed by atoms with van der Waals surface area (Å²) in [6.45, 7) is 1.47. The van der Waals surface area contributed by atoms with Crippen molar-refractivity contribution in [3.8, 4) is 5.75 Å². The molecule has 0 spiro atoms. The lowest BCUT2D eigenvalue weighted by molar-refractivity contribution is -0.128. The van der Waals surface area contributed by atoms with Crippen molar-refractivity contribution in [2.24, 2.45) is 0 Å². The zero-order valence-electron chi connectivity index (χ0n) is 11.1. The maximum absolute atomic E-state index is 10.7. The van der Waals surface area contributed by atoms with Gasteiger partial charge in [0.25, 0.3) is 6.47 Å². The van der Waals surface area contributed by atoms with Gasteiger partial charge in [-0.1, -0.05) is 18.2 Å². The third kappa shape index (κ3) is 3.82. The number of benzene rings is 2. The number of unbranched alkanes of at least 4 members (excludes halogenated alkanes) is 1. The molecule has 0 radical (unpaired) electrons. The number of ether oxygens (including phenoxy) is 2. The summed E-state index contributed by atoms with van der Waals surface area (Å²) >= 11 is 0. The number of carbonyl (C=O) groups excluding carboxylic acids is 2. The number of rotatable bonds is 8. The Bertz CT molecular complexity index is 592. The highest BCUT2D eigenvalue weighted by molar-refractivity contribution is 5.89. The van der Waals surface area contributed by atoms with Crippen LogP contribution in [0.2, 0.25) is 0 Å². The van der Waals surface area contributed by atoms with Gasteiger partial charge >= 0.3 is 0 Å². The van der Waals surface area contributed by atoms with E-state index in [0.29, 0.717) is 25.2 Å². The summed E-state index contributed by atoms with van der Waals surface area (Å²) in [4.78, 5) is 20.7. The lowest BCUT2D eigenvalue weighted by Crippen LogP contribution is -2.00. The smallest absolute Gasteiger partial charge is 0.293 e. The van der Waals surface area contributed by atoms with Gasteiger partial charge in [0, 0.05) is 5.56 Å². The van der Waals surface area contributed by atoms with Crippen LogP contribution in [0.5, 0.6) is 5.75 Å². The second kappa shape index (κ2) is 7.28. The van der Waals surface area contributed by atoms with E-state index >= 15 is 0 Å². The van der Waals surface area contributed by atoms with Gasteiger partial charge in [-0.3, -0.25) is 9.59 Å². The average molecular weight is 272 g/mol. The van der Waals surface area contributed by atoms with E-state index in [0.717, 1.165) is 35.6 Å². The van der Waals surface area contributed by atoms with Crippen LogP contribution >= 0.6 is 0 Å². The third-order valence-corrected chi connectivity index (χ3v) is 2.97. The highest BCUT2D eigenvalue weighted by Crippen LogP contribution is 2.21. The summed E-state index contributed by atoms with van der Waals surface area (Å²) < 4.78 is 10.2. The van der Waals surface area contributed by atoms with Gasteiger partial charge < -0.3 is 9.47 Å². The molecule has 0 atom stereocenters. The molecule has 0 amide bonds. The second-order valence-electron chi connectivity index (χ2n) is 4.41. The summed E-state index contributed by atoms with van der Waals surface area (Å²) in [6.07, 6.45) is 2.45. The van der Waals surface area contributed by atoms with Gasteiger partial charge in [-0.05, 0) is 41.8 Å². The number of fused-ring (bicyclic) bond motifs is 1. The molecule has 0 unspecified atom stereocenters. The Balaban J connectivity index is 1.91. The SMILES string of the molecule is O=COCCCCOc1ccc2cc(C=O)ccc2c1. The fourth-order valence-corrected chi connectivity index (χ4v) is 1.93. The highest BCUT2D eigenvalue weighted by Gasteiger charge is 1.99. The number of hydrogen-bond acceptors (Lipinski definition) is 4. The standard InChI is InChI=1S/C16H16O4/c17-11-13-3-4-15-10-16(6-5-14(15)9-13)20-8-2-1-7-19-12-18/h3-6,9-12H,1-2,7-8H2. The van der Waals surface area contributed by atoms with Crippen molar-refractivity contribution in [3.05, 3.63) is 42.0 Å². The molecule has 0 saturated carbocycles. The first-order valence-electron chi connectivity index (χ1n) is 6.50. The summed E-state index contributed by atoms with van der Waals surface area (Å²) in [7, 11) is 0. The van der Waals surface area contributed by atoms with Crippen LogP contribution in [0.3, 0.4) is 0 Å². The van der Waals surface area contributed by atoms with Crippen LogP contribution in [0.4, 0.5) is 0 Å². The fraction of sp³-hybridized carbons (Fsp3) is 0.250. The second-order valence-corrected chi connectivity index (χ2v) is 4.41. The van der Waals surface area contributed by atoms with E-state index in [-0.39, 0.29) is 0 Å². The maximum Gasteiger partial charge on any atom is 0.293 e. The molecule has 2 aromatic rings. The van der Waals surface area contributed by atoms with Crippen molar-refractivity contribution in [3.63, 3.8) is 0 Å². The van der Waals surface area contributed by atoms with Crippen molar-refractivity contribution in [2.75, 3.05) is 13.2 Å². The van der Waals surface area contributed by atoms with Crippen LogP contribution in [0.15, 0.2) is 36.4 Å². The van der Waals surface area contributed by atoms with Crippen LogP contribution in [-0.2, 0) is 9.53 Å². The molecule has 2 aromatic carbocycles. The molecule has 0 heterocycles. The van der Waals surface area contributed by atoms with Gasteiger partial charge in [0.2, 0.25) is 0 Å². The predicted octanol–water partition coefficient (Wildman–Crippen LogP) is 2.98. The van der Waals surface area contributed by atoms with Gasteiger partial charge in [0.15, 0.2) is 0 Å². The predicted molar refractivity (Wildman–Crippen MR) is 76.1 cm³/mol. The van der Waals surface area contributed by atoms with E-state index in [4.69, 9.17) is 4.74 Å². The van der Waals surface area contributed by atoms with E-state index in [1.807, 2.05) is 30.3 Å². The Hall–Kier alpha value is -2.36. The minimum absolute atomic E-state index is 0.430. The molecular formula is C16H16O4. The van der Waals surface area contributed by atoms with Crippen LogP contribution in [0, 0.1) is 0 Å². The van der Waals surface area contributed by atoms with Crippen LogP contribution in [0.1, 0.15) is 23.2 Å². The average Bonchev–Trinajstić information content (AvgIpc) is 2.50. The lowest BCUT2D eigenvalue weighted by atomic mass is 10.1. The highest BCUT2D eigenvalue weighted by atomic mass is 16.5. The molecule has 0 aliphatic rings. The number of carbonyl (C=O) groups is 2. The third-order valence-electron chi connectivity index (χ3n) is 2.97. The summed E-state index contributed by atoms with van der Waals surface area (Å²) in [5.41, 5.74) is 0.668. The van der Waals surface area contributed by atoms with E-state index in [1.54, 1.807) is 6.07 Å². The van der Waals surface area contributed by atoms with Gasteiger partial charge in [-0.25, -0.2) is 0 Å². The molecule has 20 heavy (non-hydrogen) atoms. The van der Waals surface area contributed by atoms with E-state index in [2.05, 4.69) is 4.74 Å². The Morgan fingerprint density at radius 3 is 2.45 bits per heavy atom. The Morgan fingerprint density at radius 1 is 0.900 bits per heavy atom. The number of aldehydes is 1. The van der Waals surface area contributed by atoms with Crippen LogP contribution < -0.4 is 4.74 Å². The van der Waals surface area contributed by atoms with Crippen molar-refractivity contribution < 1.29 is 19.1 Å². The number of hydrogen-bond donors (Lipinski definition) is 0. The molecule has 0 aliphatic heterocycles. The molecule has 0 fully saturated rings. The largest absolute Gasteiger partial charge is 0.494 e. The molecule has 2 rings (SSSR count). The first kappa shape index (κ1) is 14.1. The minimum Gasteiger partial charge on any atom is -0.494 e. The lowest BCUT2D eigenvalue weighted by Gasteiger charge is -2.07. The van der Waals surface area contributed by atoms with Gasteiger partial charge in [-0.2, -0.15) is 0 Å². The molecule has 0 bridgehead atoms. The zero-order valence-corrected chi connectivity index (χ0v) is 11.1. The molecular weight excluding hydrogens is 256 g/mol. The normalized spacial score (nSPS) is 10.2. The quantitative estimate of drug-likeness (QED) is 0.547.